The number of hydrogen-bond acceptors (Lipinski definition) is 3. The lowest BCUT2D eigenvalue weighted by Gasteiger charge is -2.48. The second kappa shape index (κ2) is 3.75. The van der Waals surface area contributed by atoms with Crippen LogP contribution in [0.4, 0.5) is 0 Å². The third-order valence-electron chi connectivity index (χ3n) is 3.59. The molecule has 2 aliphatic heterocycles. The molecule has 0 spiro atoms. The van der Waals surface area contributed by atoms with Crippen LogP contribution in [0.5, 0.6) is 0 Å². The fourth-order valence-electron chi connectivity index (χ4n) is 2.64. The molecule has 0 aromatic carbocycles. The van der Waals surface area contributed by atoms with Crippen molar-refractivity contribution >= 4 is 39.6 Å². The van der Waals surface area contributed by atoms with E-state index in [1.54, 1.807) is 6.08 Å². The van der Waals surface area contributed by atoms with Gasteiger partial charge in [-0.25, -0.2) is 4.79 Å². The molecule has 2 heterocycles. The first kappa shape index (κ1) is 13.0. The summed E-state index contributed by atoms with van der Waals surface area (Å²) in [5.41, 5.74) is -1.18. The minimum Gasteiger partial charge on any atom is -0.479 e. The molecule has 2 saturated heterocycles. The highest BCUT2D eigenvalue weighted by Gasteiger charge is 2.71. The number of rotatable bonds is 3. The molecule has 0 saturated carbocycles. The highest BCUT2D eigenvalue weighted by atomic mass is 79.9. The van der Waals surface area contributed by atoms with Gasteiger partial charge in [0.25, 0.3) is 0 Å². The van der Waals surface area contributed by atoms with Crippen molar-refractivity contribution in [3.05, 3.63) is 12.7 Å². The molecule has 0 aliphatic carbocycles. The van der Waals surface area contributed by atoms with E-state index in [-0.39, 0.29) is 22.5 Å². The van der Waals surface area contributed by atoms with Gasteiger partial charge in [-0.15, -0.1) is 18.3 Å². The van der Waals surface area contributed by atoms with Gasteiger partial charge >= 0.3 is 5.97 Å². The summed E-state index contributed by atoms with van der Waals surface area (Å²) < 4.78 is -0.532. The minimum absolute atomic E-state index is 0.0893. The van der Waals surface area contributed by atoms with E-state index in [1.165, 1.54) is 16.7 Å². The molecule has 3 atom stereocenters. The average Bonchev–Trinajstić information content (AvgIpc) is 2.46. The number of fused-ring (bicyclic) bond motifs is 1. The predicted molar refractivity (Wildman–Crippen MR) is 70.2 cm³/mol. The first-order valence-electron chi connectivity index (χ1n) is 5.29. The molecule has 17 heavy (non-hydrogen) atoms. The lowest BCUT2D eigenvalue weighted by atomic mass is 9.79. The normalized spacial score (nSPS) is 38.5. The van der Waals surface area contributed by atoms with Crippen molar-refractivity contribution in [3.8, 4) is 0 Å². The van der Waals surface area contributed by atoms with E-state index in [2.05, 4.69) is 22.5 Å². The van der Waals surface area contributed by atoms with Crippen LogP contribution in [0.1, 0.15) is 20.3 Å². The Morgan fingerprint density at radius 2 is 2.29 bits per heavy atom. The van der Waals surface area contributed by atoms with E-state index < -0.39 is 16.3 Å². The SMILES string of the molecule is C=CC[C@@]1(C(=O)O)N2C(=O)[C@@H](Br)[C@H]2SC1(C)C. The summed E-state index contributed by atoms with van der Waals surface area (Å²) in [6.45, 7) is 7.37. The predicted octanol–water partition coefficient (Wildman–Crippen LogP) is 1.84. The summed E-state index contributed by atoms with van der Waals surface area (Å²) >= 11 is 4.84. The summed E-state index contributed by atoms with van der Waals surface area (Å²) in [4.78, 5) is 24.8. The minimum atomic E-state index is -1.18. The second-order valence-electron chi connectivity index (χ2n) is 4.79. The van der Waals surface area contributed by atoms with Crippen molar-refractivity contribution in [3.63, 3.8) is 0 Å². The Balaban J connectivity index is 2.51. The molecular weight excluding hydrogens is 306 g/mol. The Morgan fingerprint density at radius 1 is 1.71 bits per heavy atom. The lowest BCUT2D eigenvalue weighted by Crippen LogP contribution is -2.70. The van der Waals surface area contributed by atoms with Gasteiger partial charge in [0, 0.05) is 11.2 Å². The molecule has 1 amide bonds. The van der Waals surface area contributed by atoms with E-state index in [0.717, 1.165) is 0 Å². The summed E-state index contributed by atoms with van der Waals surface area (Å²) in [7, 11) is 0. The fraction of sp³-hybridized carbons (Fsp3) is 0.636. The van der Waals surface area contributed by atoms with Crippen LogP contribution in [0.25, 0.3) is 0 Å². The number of aliphatic carboxylic acids is 1. The summed E-state index contributed by atoms with van der Waals surface area (Å²) in [6.07, 6.45) is 1.85. The van der Waals surface area contributed by atoms with Gasteiger partial charge in [-0.05, 0) is 13.8 Å². The van der Waals surface area contributed by atoms with Crippen LogP contribution in [0.15, 0.2) is 12.7 Å². The third-order valence-corrected chi connectivity index (χ3v) is 6.49. The Bertz CT molecular complexity index is 412. The molecule has 0 aromatic rings. The molecule has 0 unspecified atom stereocenters. The topological polar surface area (TPSA) is 57.6 Å². The Hall–Kier alpha value is -0.490. The van der Waals surface area contributed by atoms with E-state index in [9.17, 15) is 14.7 Å². The molecule has 0 radical (unpaired) electrons. The first-order valence-corrected chi connectivity index (χ1v) is 7.08. The van der Waals surface area contributed by atoms with Gasteiger partial charge in [-0.1, -0.05) is 22.0 Å². The van der Waals surface area contributed by atoms with E-state index in [0.29, 0.717) is 0 Å². The van der Waals surface area contributed by atoms with E-state index >= 15 is 0 Å². The number of carbonyl (C=O) groups is 2. The van der Waals surface area contributed by atoms with Crippen molar-refractivity contribution in [2.45, 2.75) is 40.8 Å². The molecule has 6 heteroatoms. The molecule has 1 N–H and O–H groups in total. The molecule has 0 bridgehead atoms. The molecule has 2 rings (SSSR count). The van der Waals surface area contributed by atoms with Gasteiger partial charge in [0.15, 0.2) is 5.54 Å². The van der Waals surface area contributed by atoms with Crippen molar-refractivity contribution in [2.24, 2.45) is 0 Å². The molecular formula is C11H14BrNO3S. The van der Waals surface area contributed by atoms with Gasteiger partial charge < -0.3 is 10.0 Å². The average molecular weight is 320 g/mol. The zero-order valence-corrected chi connectivity index (χ0v) is 12.0. The van der Waals surface area contributed by atoms with Gasteiger partial charge in [-0.2, -0.15) is 0 Å². The summed E-state index contributed by atoms with van der Waals surface area (Å²) in [5, 5.41) is 9.50. The molecule has 0 aromatic heterocycles. The molecule has 2 fully saturated rings. The number of carboxylic acid groups (broad SMARTS) is 1. The van der Waals surface area contributed by atoms with Crippen LogP contribution < -0.4 is 0 Å². The monoisotopic (exact) mass is 319 g/mol. The quantitative estimate of drug-likeness (QED) is 0.490. The van der Waals surface area contributed by atoms with E-state index in [4.69, 9.17) is 0 Å². The smallest absolute Gasteiger partial charge is 0.331 e. The fourth-order valence-corrected chi connectivity index (χ4v) is 5.11. The summed E-state index contributed by atoms with van der Waals surface area (Å²) in [6, 6.07) is 0. The standard InChI is InChI=1S/C11H14BrNO3S/c1-4-5-11(9(15)16)10(2,3)17-8-6(12)7(14)13(8)11/h4,6,8H,1,5H2,2-3H3,(H,15,16)/t6-,8-,11+/m1/s1. The Kier molecular flexibility index (Phi) is 2.86. The van der Waals surface area contributed by atoms with Crippen molar-refractivity contribution in [1.82, 2.24) is 4.90 Å². The van der Waals surface area contributed by atoms with Gasteiger partial charge in [-0.3, -0.25) is 4.79 Å². The van der Waals surface area contributed by atoms with Crippen LogP contribution in [-0.2, 0) is 9.59 Å². The maximum Gasteiger partial charge on any atom is 0.331 e. The highest BCUT2D eigenvalue weighted by Crippen LogP contribution is 2.59. The number of halogens is 1. The zero-order valence-electron chi connectivity index (χ0n) is 9.64. The van der Waals surface area contributed by atoms with Gasteiger partial charge in [0.1, 0.15) is 10.2 Å². The maximum atomic E-state index is 11.9. The lowest BCUT2D eigenvalue weighted by molar-refractivity contribution is -0.167. The van der Waals surface area contributed by atoms with Gasteiger partial charge in [0.05, 0.1) is 0 Å². The third kappa shape index (κ3) is 1.37. The molecule has 4 nitrogen and oxygen atoms in total. The summed E-state index contributed by atoms with van der Waals surface area (Å²) in [5.74, 6) is -1.09. The van der Waals surface area contributed by atoms with E-state index in [1.807, 2.05) is 13.8 Å². The number of carbonyl (C=O) groups excluding carboxylic acids is 1. The van der Waals surface area contributed by atoms with Crippen molar-refractivity contribution in [1.29, 1.82) is 0 Å². The maximum absolute atomic E-state index is 11.9. The number of thioether (sulfide) groups is 1. The number of hydrogen-bond donors (Lipinski definition) is 1. The Labute approximate surface area is 113 Å². The zero-order chi connectivity index (χ0) is 13.0. The van der Waals surface area contributed by atoms with Crippen LogP contribution >= 0.6 is 27.7 Å². The first-order chi connectivity index (χ1) is 7.79. The van der Waals surface area contributed by atoms with Crippen molar-refractivity contribution in [2.75, 3.05) is 0 Å². The largest absolute Gasteiger partial charge is 0.479 e. The van der Waals surface area contributed by atoms with Crippen LogP contribution in [0, 0.1) is 0 Å². The Morgan fingerprint density at radius 3 is 2.76 bits per heavy atom. The number of amides is 1. The second-order valence-corrected chi connectivity index (χ2v) is 7.51. The number of nitrogens with zero attached hydrogens (tertiary/aromatic N) is 1. The van der Waals surface area contributed by atoms with Crippen molar-refractivity contribution < 1.29 is 14.7 Å². The van der Waals surface area contributed by atoms with Gasteiger partial charge in [0.2, 0.25) is 5.91 Å². The number of β-lactam (4-membered cyclic amide) rings is 1. The van der Waals surface area contributed by atoms with Crippen LogP contribution in [0.2, 0.25) is 0 Å². The number of carboxylic acids is 1. The number of alkyl halides is 1. The van der Waals surface area contributed by atoms with Crippen LogP contribution in [0.3, 0.4) is 0 Å². The highest BCUT2D eigenvalue weighted by molar-refractivity contribution is 9.10. The molecule has 94 valence electrons. The molecule has 2 aliphatic rings. The van der Waals surface area contributed by atoms with Crippen LogP contribution in [-0.4, -0.2) is 42.4 Å².